The minimum absolute atomic E-state index is 0.144. The number of phenolic OH excluding ortho intramolecular Hbond substituents is 1. The van der Waals surface area contributed by atoms with Gasteiger partial charge in [-0.3, -0.25) is 0 Å². The third kappa shape index (κ3) is 2.37. The number of hydrogen-bond acceptors (Lipinski definition) is 5. The fourth-order valence-electron chi connectivity index (χ4n) is 2.42. The third-order valence-electron chi connectivity index (χ3n) is 3.42. The van der Waals surface area contributed by atoms with Gasteiger partial charge in [0, 0.05) is 31.7 Å². The van der Waals surface area contributed by atoms with Gasteiger partial charge >= 0.3 is 5.69 Å². The van der Waals surface area contributed by atoms with E-state index in [1.54, 1.807) is 24.4 Å². The fourth-order valence-corrected chi connectivity index (χ4v) is 2.42. The monoisotopic (exact) mass is 272 g/mol. The normalized spacial score (nSPS) is 15.3. The Hall–Kier alpha value is -2.34. The number of piperazine rings is 1. The van der Waals surface area contributed by atoms with Crippen LogP contribution < -0.4 is 15.9 Å². The van der Waals surface area contributed by atoms with E-state index in [2.05, 4.69) is 20.2 Å². The lowest BCUT2D eigenvalue weighted by atomic mass is 10.1. The molecule has 6 heteroatoms. The van der Waals surface area contributed by atoms with Crippen molar-refractivity contribution in [3.05, 3.63) is 40.9 Å². The number of phenols is 1. The van der Waals surface area contributed by atoms with Gasteiger partial charge in [0.25, 0.3) is 0 Å². The van der Waals surface area contributed by atoms with Crippen LogP contribution >= 0.6 is 0 Å². The van der Waals surface area contributed by atoms with E-state index < -0.39 is 5.69 Å². The topological polar surface area (TPSA) is 81.2 Å². The number of benzene rings is 1. The van der Waals surface area contributed by atoms with E-state index in [-0.39, 0.29) is 5.75 Å². The highest BCUT2D eigenvalue weighted by atomic mass is 16.3. The Morgan fingerprint density at radius 2 is 1.95 bits per heavy atom. The Morgan fingerprint density at radius 1 is 1.20 bits per heavy atom. The summed E-state index contributed by atoms with van der Waals surface area (Å²) in [7, 11) is 0. The maximum atomic E-state index is 11.5. The number of aromatic nitrogens is 2. The second kappa shape index (κ2) is 5.34. The molecule has 0 spiro atoms. The maximum absolute atomic E-state index is 11.5. The number of anilines is 1. The molecule has 0 radical (unpaired) electrons. The molecule has 0 aliphatic carbocycles. The van der Waals surface area contributed by atoms with Crippen molar-refractivity contribution < 1.29 is 5.11 Å². The molecule has 1 aromatic carbocycles. The van der Waals surface area contributed by atoms with Crippen LogP contribution in [0, 0.1) is 0 Å². The van der Waals surface area contributed by atoms with E-state index in [1.165, 1.54) is 0 Å². The summed E-state index contributed by atoms with van der Waals surface area (Å²) in [6.07, 6.45) is 1.58. The summed E-state index contributed by atoms with van der Waals surface area (Å²) in [5.74, 6) is 0.144. The van der Waals surface area contributed by atoms with E-state index in [1.807, 2.05) is 6.07 Å². The van der Waals surface area contributed by atoms with Gasteiger partial charge in [0.05, 0.1) is 17.6 Å². The number of para-hydroxylation sites is 1. The van der Waals surface area contributed by atoms with Gasteiger partial charge in [0.15, 0.2) is 0 Å². The number of aromatic hydroxyl groups is 1. The first kappa shape index (κ1) is 12.7. The van der Waals surface area contributed by atoms with Crippen molar-refractivity contribution in [1.29, 1.82) is 0 Å². The van der Waals surface area contributed by atoms with Crippen molar-refractivity contribution in [1.82, 2.24) is 15.3 Å². The summed E-state index contributed by atoms with van der Waals surface area (Å²) in [4.78, 5) is 20.2. The predicted molar refractivity (Wildman–Crippen MR) is 77.0 cm³/mol. The van der Waals surface area contributed by atoms with Crippen LogP contribution in [0.1, 0.15) is 0 Å². The Kier molecular flexibility index (Phi) is 3.39. The van der Waals surface area contributed by atoms with Crippen molar-refractivity contribution in [2.24, 2.45) is 0 Å². The number of nitrogens with zero attached hydrogens (tertiary/aromatic N) is 2. The summed E-state index contributed by atoms with van der Waals surface area (Å²) in [5.41, 5.74) is 1.65. The van der Waals surface area contributed by atoms with Gasteiger partial charge in [-0.05, 0) is 12.1 Å². The molecule has 1 aromatic heterocycles. The second-order valence-electron chi connectivity index (χ2n) is 4.70. The van der Waals surface area contributed by atoms with Gasteiger partial charge in [-0.25, -0.2) is 4.79 Å². The minimum Gasteiger partial charge on any atom is -0.507 e. The fraction of sp³-hybridized carbons (Fsp3) is 0.286. The molecule has 0 bridgehead atoms. The number of H-pyrrole nitrogens is 1. The first-order chi connectivity index (χ1) is 9.75. The summed E-state index contributed by atoms with van der Waals surface area (Å²) in [5, 5.41) is 13.3. The van der Waals surface area contributed by atoms with Crippen LogP contribution in [-0.4, -0.2) is 41.3 Å². The van der Waals surface area contributed by atoms with Crippen molar-refractivity contribution in [3.8, 4) is 17.0 Å². The molecule has 104 valence electrons. The summed E-state index contributed by atoms with van der Waals surface area (Å²) in [6, 6.07) is 6.97. The molecule has 20 heavy (non-hydrogen) atoms. The highest BCUT2D eigenvalue weighted by Gasteiger charge is 2.18. The molecule has 0 amide bonds. The average Bonchev–Trinajstić information content (AvgIpc) is 2.48. The number of nitrogens with one attached hydrogen (secondary N) is 2. The molecular weight excluding hydrogens is 256 g/mol. The highest BCUT2D eigenvalue weighted by molar-refractivity contribution is 5.78. The van der Waals surface area contributed by atoms with E-state index in [0.29, 0.717) is 11.3 Å². The SMILES string of the molecule is O=c1ncc(N2CCNCC2)c(-c2ccccc2O)[nH]1. The van der Waals surface area contributed by atoms with Crippen LogP contribution in [0.25, 0.3) is 11.3 Å². The Bertz CT molecular complexity index is 662. The largest absolute Gasteiger partial charge is 0.507 e. The molecule has 0 saturated carbocycles. The molecule has 1 aliphatic rings. The molecule has 6 nitrogen and oxygen atoms in total. The zero-order valence-electron chi connectivity index (χ0n) is 11.0. The average molecular weight is 272 g/mol. The van der Waals surface area contributed by atoms with Crippen LogP contribution in [0.5, 0.6) is 5.75 Å². The van der Waals surface area contributed by atoms with Crippen LogP contribution in [-0.2, 0) is 0 Å². The molecule has 3 N–H and O–H groups in total. The first-order valence-electron chi connectivity index (χ1n) is 6.59. The molecule has 3 rings (SSSR count). The van der Waals surface area contributed by atoms with Gasteiger partial charge < -0.3 is 20.3 Å². The van der Waals surface area contributed by atoms with Crippen LogP contribution in [0.3, 0.4) is 0 Å². The molecule has 2 heterocycles. The van der Waals surface area contributed by atoms with Gasteiger partial charge in [-0.2, -0.15) is 4.98 Å². The molecular formula is C14H16N4O2. The smallest absolute Gasteiger partial charge is 0.345 e. The van der Waals surface area contributed by atoms with E-state index >= 15 is 0 Å². The van der Waals surface area contributed by atoms with E-state index in [9.17, 15) is 9.90 Å². The van der Waals surface area contributed by atoms with Crippen molar-refractivity contribution >= 4 is 5.69 Å². The summed E-state index contributed by atoms with van der Waals surface area (Å²) in [6.45, 7) is 3.46. The number of hydrogen-bond donors (Lipinski definition) is 3. The van der Waals surface area contributed by atoms with E-state index in [4.69, 9.17) is 0 Å². The number of rotatable bonds is 2. The maximum Gasteiger partial charge on any atom is 0.345 e. The standard InChI is InChI=1S/C14H16N4O2/c19-12-4-2-1-3-10(12)13-11(9-16-14(20)17-13)18-7-5-15-6-8-18/h1-4,9,15,19H,5-8H2,(H,16,17,20). The zero-order chi connectivity index (χ0) is 13.9. The zero-order valence-corrected chi connectivity index (χ0v) is 11.0. The quantitative estimate of drug-likeness (QED) is 0.744. The van der Waals surface area contributed by atoms with Crippen LogP contribution in [0.4, 0.5) is 5.69 Å². The molecule has 0 atom stereocenters. The van der Waals surface area contributed by atoms with Crippen molar-refractivity contribution in [2.45, 2.75) is 0 Å². The summed E-state index contributed by atoms with van der Waals surface area (Å²) >= 11 is 0. The lowest BCUT2D eigenvalue weighted by molar-refractivity contribution is 0.477. The summed E-state index contributed by atoms with van der Waals surface area (Å²) < 4.78 is 0. The molecule has 1 fully saturated rings. The minimum atomic E-state index is -0.415. The predicted octanol–water partition coefficient (Wildman–Crippen LogP) is 0.552. The molecule has 0 unspecified atom stereocenters. The van der Waals surface area contributed by atoms with Crippen molar-refractivity contribution in [2.75, 3.05) is 31.1 Å². The van der Waals surface area contributed by atoms with E-state index in [0.717, 1.165) is 31.9 Å². The third-order valence-corrected chi connectivity index (χ3v) is 3.42. The Morgan fingerprint density at radius 3 is 2.70 bits per heavy atom. The van der Waals surface area contributed by atoms with Gasteiger partial charge in [-0.1, -0.05) is 12.1 Å². The molecule has 1 aliphatic heterocycles. The van der Waals surface area contributed by atoms with Crippen LogP contribution in [0.15, 0.2) is 35.3 Å². The van der Waals surface area contributed by atoms with Gasteiger partial charge in [0.2, 0.25) is 0 Å². The molecule has 2 aromatic rings. The second-order valence-corrected chi connectivity index (χ2v) is 4.70. The van der Waals surface area contributed by atoms with Crippen molar-refractivity contribution in [3.63, 3.8) is 0 Å². The van der Waals surface area contributed by atoms with Gasteiger partial charge in [-0.15, -0.1) is 0 Å². The molecule has 1 saturated heterocycles. The lowest BCUT2D eigenvalue weighted by Crippen LogP contribution is -2.44. The number of aromatic amines is 1. The van der Waals surface area contributed by atoms with Gasteiger partial charge in [0.1, 0.15) is 5.75 Å². The Balaban J connectivity index is 2.11. The lowest BCUT2D eigenvalue weighted by Gasteiger charge is -2.30. The highest BCUT2D eigenvalue weighted by Crippen LogP contribution is 2.33. The van der Waals surface area contributed by atoms with Crippen LogP contribution in [0.2, 0.25) is 0 Å². The first-order valence-corrected chi connectivity index (χ1v) is 6.59. The Labute approximate surface area is 116 Å².